The first kappa shape index (κ1) is 66.8. The van der Waals surface area contributed by atoms with Gasteiger partial charge in [0.2, 0.25) is 5.43 Å². The zero-order valence-electron chi connectivity index (χ0n) is 54.4. The zero-order chi connectivity index (χ0) is 66.7. The molecule has 1 spiro atoms. The molecule has 2 amide bonds. The van der Waals surface area contributed by atoms with Crippen LogP contribution < -0.4 is 35.8 Å². The Bertz CT molecular complexity index is 3950. The van der Waals surface area contributed by atoms with Crippen LogP contribution in [0.3, 0.4) is 0 Å². The van der Waals surface area contributed by atoms with Gasteiger partial charge in [-0.3, -0.25) is 29.2 Å². The van der Waals surface area contributed by atoms with E-state index in [1.165, 1.54) is 40.5 Å². The second-order valence-corrected chi connectivity index (χ2v) is 26.2. The lowest BCUT2D eigenvalue weighted by Gasteiger charge is -2.41. The van der Waals surface area contributed by atoms with Gasteiger partial charge in [-0.2, -0.15) is 0 Å². The Kier molecular flexibility index (Phi) is 18.9. The fourth-order valence-corrected chi connectivity index (χ4v) is 13.8. The van der Waals surface area contributed by atoms with Crippen molar-refractivity contribution in [1.82, 2.24) is 14.4 Å². The molecular formula is C67H85FN8O16. The highest BCUT2D eigenvalue weighted by atomic mass is 19.1. The van der Waals surface area contributed by atoms with Crippen LogP contribution in [0.1, 0.15) is 122 Å². The molecule has 92 heavy (non-hydrogen) atoms. The predicted octanol–water partition coefficient (Wildman–Crippen LogP) is 6.52. The number of aromatic nitrogens is 1. The first-order valence-corrected chi connectivity index (χ1v) is 31.5. The van der Waals surface area contributed by atoms with E-state index in [1.54, 1.807) is 87.1 Å². The molecule has 3 fully saturated rings. The molecule has 6 N–H and O–H groups in total. The van der Waals surface area contributed by atoms with E-state index in [-0.39, 0.29) is 103 Å². The third kappa shape index (κ3) is 12.4. The standard InChI is InChI=1S/C67H85FN8O16/c1-32(2)28-73-22-20-67(21-23-73)70-50-47-48-57(81)39(9)61-49(47)63(72-90-31-46(78)75-25-24-74(29-35(75)5)54-44(68)27-42-53(62(54)88-13)76(41-17-18-41)30-43(58(42)82)65(85)86)66(11,92-61)89-26-19-45(87-12)36(6)60(91-40(10)77)38(8)56(80)37(7)55(79)33(3)15-14-16-34(4)64(84)69-52(59(48)83)51(50)71-67/h14-16,19,26-27,30,32-33,35-38,41,45,55-56,60,79-81,83H,17-18,20-25,28-29,31H2,1-13H3,(H,69,84)(H,85,86)/b15-14+,26-19+,34-16-,72-63-/t33-,35?,36+,37+,38+,45-,55-,56+,60+,66-/m0/s1. The van der Waals surface area contributed by atoms with Crippen LogP contribution in [0.2, 0.25) is 0 Å². The summed E-state index contributed by atoms with van der Waals surface area (Å²) >= 11 is 0. The summed E-state index contributed by atoms with van der Waals surface area (Å²) in [5.41, 5.74) is -1.77. The molecule has 5 bridgehead atoms. The molecule has 25 heteroatoms. The molecule has 496 valence electrons. The van der Waals surface area contributed by atoms with Crippen LogP contribution in [-0.4, -0.2) is 171 Å². The number of aliphatic hydroxyl groups is 2. The van der Waals surface area contributed by atoms with Crippen molar-refractivity contribution in [2.24, 2.45) is 44.7 Å². The van der Waals surface area contributed by atoms with Crippen molar-refractivity contribution in [3.8, 4) is 23.0 Å². The van der Waals surface area contributed by atoms with E-state index in [9.17, 15) is 49.5 Å². The summed E-state index contributed by atoms with van der Waals surface area (Å²) in [5, 5.41) is 66.3. The number of carbonyl (C=O) groups is 4. The Morgan fingerprint density at radius 3 is 2.25 bits per heavy atom. The molecule has 2 saturated heterocycles. The maximum absolute atomic E-state index is 16.5. The summed E-state index contributed by atoms with van der Waals surface area (Å²) in [5.74, 6) is -9.11. The average Bonchev–Trinajstić information content (AvgIpc) is 1.49. The molecule has 4 aromatic rings. The minimum atomic E-state index is -1.98. The lowest BCUT2D eigenvalue weighted by atomic mass is 9.78. The number of aromatic carboxylic acids is 1. The lowest BCUT2D eigenvalue weighted by molar-refractivity contribution is -0.160. The number of methoxy groups -OCH3 is 2. The summed E-state index contributed by atoms with van der Waals surface area (Å²) in [6.45, 7) is 20.7. The van der Waals surface area contributed by atoms with Gasteiger partial charge in [0.25, 0.3) is 17.6 Å². The number of hydrogen-bond donors (Lipinski definition) is 6. The second kappa shape index (κ2) is 26.1. The number of pyridine rings is 1. The first-order chi connectivity index (χ1) is 43.5. The maximum atomic E-state index is 16.5. The van der Waals surface area contributed by atoms with Crippen molar-refractivity contribution >= 4 is 62.5 Å². The van der Waals surface area contributed by atoms with E-state index in [0.717, 1.165) is 25.5 Å². The molecule has 3 aromatic carbocycles. The quantitative estimate of drug-likeness (QED) is 0.0529. The number of carboxylic acid groups (broad SMARTS) is 1. The molecule has 1 unspecified atom stereocenters. The Hall–Kier alpha value is -8.13. The van der Waals surface area contributed by atoms with Gasteiger partial charge in [0.1, 0.15) is 39.9 Å². The number of benzene rings is 3. The van der Waals surface area contributed by atoms with Crippen LogP contribution in [0.25, 0.3) is 21.7 Å². The van der Waals surface area contributed by atoms with Crippen molar-refractivity contribution in [2.45, 2.75) is 150 Å². The number of esters is 1. The average molecular weight is 1280 g/mol. The van der Waals surface area contributed by atoms with E-state index in [2.05, 4.69) is 29.2 Å². The van der Waals surface area contributed by atoms with E-state index >= 15 is 4.39 Å². The van der Waals surface area contributed by atoms with E-state index in [0.29, 0.717) is 31.8 Å². The van der Waals surface area contributed by atoms with Crippen LogP contribution in [0.15, 0.2) is 68.3 Å². The minimum Gasteiger partial charge on any atom is -0.507 e. The number of piperazine rings is 1. The van der Waals surface area contributed by atoms with E-state index < -0.39 is 124 Å². The van der Waals surface area contributed by atoms with Gasteiger partial charge < -0.3 is 78.6 Å². The number of nitrogens with one attached hydrogen (secondary N) is 1. The van der Waals surface area contributed by atoms with Crippen LogP contribution in [-0.2, 0) is 33.4 Å². The van der Waals surface area contributed by atoms with Crippen molar-refractivity contribution in [2.75, 3.05) is 70.3 Å². The number of amides is 2. The van der Waals surface area contributed by atoms with Crippen molar-refractivity contribution in [3.05, 3.63) is 91.8 Å². The van der Waals surface area contributed by atoms with Gasteiger partial charge in [0.15, 0.2) is 35.3 Å². The first-order valence-electron chi connectivity index (χ1n) is 31.5. The number of oxime groups is 1. The Labute approximate surface area is 532 Å². The van der Waals surface area contributed by atoms with Gasteiger partial charge in [-0.15, -0.1) is 0 Å². The number of phenolic OH excluding ortho intramolecular Hbond substituents is 2. The molecule has 6 heterocycles. The van der Waals surface area contributed by atoms with Gasteiger partial charge in [-0.25, -0.2) is 9.18 Å². The molecule has 10 rings (SSSR count). The smallest absolute Gasteiger partial charge is 0.341 e. The van der Waals surface area contributed by atoms with Crippen LogP contribution in [0, 0.1) is 42.3 Å². The summed E-state index contributed by atoms with van der Waals surface area (Å²) in [6, 6.07) is 0.362. The molecule has 0 radical (unpaired) electrons. The SMILES string of the molecule is COc1c(N2CCN(C(=O)CO/N=C3/c4c5c(C)c(O)c6c(O)c(c7c(c46)=NC4(CCN(CC(C)C)CC4)N=7)NC(=O)/C(C)=C\C=C\[C@H](C)[C@H](O)[C@@H](C)[C@@H](O)[C@@H](C)[C@H](OC(C)=O)[C@H](C)[C@@H](OC)/C=C/O[C@@]3(C)O5)C(C)C2)c(F)cc2c(=O)c(C(=O)O)cn(C3CC3)c12. The van der Waals surface area contributed by atoms with Crippen molar-refractivity contribution in [1.29, 1.82) is 0 Å². The normalized spacial score (nSPS) is 28.7. The van der Waals surface area contributed by atoms with Crippen molar-refractivity contribution in [3.63, 3.8) is 0 Å². The number of phenols is 2. The number of nitrogens with zero attached hydrogens (tertiary/aromatic N) is 7. The molecule has 1 aliphatic carbocycles. The van der Waals surface area contributed by atoms with Crippen LogP contribution in [0.5, 0.6) is 23.0 Å². The molecule has 6 aliphatic rings. The van der Waals surface area contributed by atoms with Gasteiger partial charge in [-0.1, -0.05) is 64.9 Å². The third-order valence-corrected chi connectivity index (χ3v) is 19.1. The van der Waals surface area contributed by atoms with E-state index in [4.69, 9.17) is 38.5 Å². The number of piperidine rings is 1. The lowest BCUT2D eigenvalue weighted by Crippen LogP contribution is -2.55. The fourth-order valence-electron chi connectivity index (χ4n) is 13.8. The summed E-state index contributed by atoms with van der Waals surface area (Å²) in [6.07, 6.45) is 7.28. The monoisotopic (exact) mass is 1280 g/mol. The minimum absolute atomic E-state index is 0.0504. The topological polar surface area (TPSA) is 306 Å². The highest BCUT2D eigenvalue weighted by Crippen LogP contribution is 2.51. The molecule has 1 aromatic heterocycles. The Morgan fingerprint density at radius 1 is 0.924 bits per heavy atom. The highest BCUT2D eigenvalue weighted by molar-refractivity contribution is 6.21. The van der Waals surface area contributed by atoms with E-state index in [1.807, 2.05) is 0 Å². The summed E-state index contributed by atoms with van der Waals surface area (Å²) in [7, 11) is 2.81. The number of rotatable bonds is 11. The molecule has 1 saturated carbocycles. The number of fused-ring (bicyclic) bond motifs is 5. The van der Waals surface area contributed by atoms with Crippen LogP contribution >= 0.6 is 0 Å². The number of aliphatic hydroxyl groups excluding tert-OH is 2. The molecule has 10 atom stereocenters. The molecule has 5 aliphatic heterocycles. The van der Waals surface area contributed by atoms with Gasteiger partial charge in [-0.05, 0) is 51.7 Å². The number of halogens is 1. The second-order valence-electron chi connectivity index (χ2n) is 26.2. The largest absolute Gasteiger partial charge is 0.507 e. The zero-order valence-corrected chi connectivity index (χ0v) is 54.4. The number of likely N-dealkylation sites (tertiary alicyclic amines) is 1. The Balaban J connectivity index is 1.07. The number of aromatic hydroxyl groups is 2. The summed E-state index contributed by atoms with van der Waals surface area (Å²) < 4.78 is 49.3. The third-order valence-electron chi connectivity index (χ3n) is 19.1. The molecular weight excluding hydrogens is 1190 g/mol. The number of carboxylic acids is 1. The van der Waals surface area contributed by atoms with Gasteiger partial charge in [0, 0.05) is 132 Å². The number of anilines is 2. The molecule has 24 nitrogen and oxygen atoms in total. The van der Waals surface area contributed by atoms with Crippen molar-refractivity contribution < 1.29 is 77.6 Å². The maximum Gasteiger partial charge on any atom is 0.341 e. The summed E-state index contributed by atoms with van der Waals surface area (Å²) in [4.78, 5) is 89.6. The fraction of sp³-hybridized carbons (Fsp3) is 0.552. The predicted molar refractivity (Wildman–Crippen MR) is 339 cm³/mol. The van der Waals surface area contributed by atoms with Crippen LogP contribution in [0.4, 0.5) is 15.8 Å². The Morgan fingerprint density at radius 2 is 1.62 bits per heavy atom. The van der Waals surface area contributed by atoms with Gasteiger partial charge in [0.05, 0.1) is 58.9 Å². The number of allylic oxidation sites excluding steroid dienone is 2. The number of carbonyl (C=O) groups excluding carboxylic acids is 3. The number of ether oxygens (including phenoxy) is 5. The van der Waals surface area contributed by atoms with Gasteiger partial charge >= 0.3 is 11.9 Å². The number of hydrogen-bond acceptors (Lipinski definition) is 20. The highest BCUT2D eigenvalue weighted by Gasteiger charge is 2.50.